The largest absolute Gasteiger partial charge is 0.395 e. The van der Waals surface area contributed by atoms with Crippen molar-refractivity contribution in [2.45, 2.75) is 32.4 Å². The fourth-order valence-corrected chi connectivity index (χ4v) is 2.78. The van der Waals surface area contributed by atoms with Crippen molar-refractivity contribution in [2.24, 2.45) is 0 Å². The molecule has 0 saturated carbocycles. The van der Waals surface area contributed by atoms with Gasteiger partial charge in [0.1, 0.15) is 12.7 Å². The molecule has 1 fully saturated rings. The van der Waals surface area contributed by atoms with Crippen molar-refractivity contribution in [3.05, 3.63) is 22.1 Å². The second-order valence-electron chi connectivity index (χ2n) is 5.39. The molecule has 2 heterocycles. The molecule has 8 nitrogen and oxygen atoms in total. The smallest absolute Gasteiger partial charge is 0.342 e. The van der Waals surface area contributed by atoms with Crippen molar-refractivity contribution in [3.63, 3.8) is 0 Å². The molecule has 1 aliphatic heterocycles. The van der Waals surface area contributed by atoms with Gasteiger partial charge >= 0.3 is 5.82 Å². The number of rotatable bonds is 8. The Bertz CT molecular complexity index is 470. The van der Waals surface area contributed by atoms with E-state index in [2.05, 4.69) is 15.2 Å². The SMILES string of the molecule is Cc1ncc([N+](=O)[O-])n1CCN(CCO)CC1CCCN1. The third-order valence-corrected chi connectivity index (χ3v) is 3.92. The molecule has 2 rings (SSSR count). The lowest BCUT2D eigenvalue weighted by Crippen LogP contribution is -2.40. The highest BCUT2D eigenvalue weighted by Gasteiger charge is 2.21. The molecule has 118 valence electrons. The molecule has 0 amide bonds. The standard InChI is InChI=1S/C13H23N5O3/c1-11-15-9-13(18(20)21)17(11)6-5-16(7-8-19)10-12-3-2-4-14-12/h9,12,14,19H,2-8,10H2,1H3. The van der Waals surface area contributed by atoms with Gasteiger partial charge in [0.25, 0.3) is 0 Å². The molecule has 0 radical (unpaired) electrons. The van der Waals surface area contributed by atoms with Gasteiger partial charge in [-0.1, -0.05) is 0 Å². The monoisotopic (exact) mass is 297 g/mol. The normalized spacial score (nSPS) is 18.5. The molecule has 0 aliphatic carbocycles. The van der Waals surface area contributed by atoms with Gasteiger partial charge in [0.15, 0.2) is 5.82 Å². The molecule has 1 saturated heterocycles. The predicted molar refractivity (Wildman–Crippen MR) is 78.2 cm³/mol. The number of hydrogen-bond acceptors (Lipinski definition) is 6. The molecule has 8 heteroatoms. The minimum atomic E-state index is -0.408. The highest BCUT2D eigenvalue weighted by Crippen LogP contribution is 2.14. The predicted octanol–water partition coefficient (Wildman–Crippen LogP) is 0.146. The Labute approximate surface area is 123 Å². The first-order valence-corrected chi connectivity index (χ1v) is 7.35. The number of aromatic nitrogens is 2. The molecular weight excluding hydrogens is 274 g/mol. The minimum absolute atomic E-state index is 0.0236. The highest BCUT2D eigenvalue weighted by molar-refractivity contribution is 5.18. The van der Waals surface area contributed by atoms with E-state index < -0.39 is 4.92 Å². The van der Waals surface area contributed by atoms with Crippen molar-refractivity contribution >= 4 is 5.82 Å². The number of hydrogen-bond donors (Lipinski definition) is 2. The Morgan fingerprint density at radius 2 is 2.43 bits per heavy atom. The van der Waals surface area contributed by atoms with Gasteiger partial charge in [0.05, 0.1) is 6.61 Å². The summed E-state index contributed by atoms with van der Waals surface area (Å²) >= 11 is 0. The Kier molecular flexibility index (Phi) is 5.66. The lowest BCUT2D eigenvalue weighted by Gasteiger charge is -2.24. The Hall–Kier alpha value is -1.51. The molecule has 1 unspecified atom stereocenters. The zero-order chi connectivity index (χ0) is 15.2. The third kappa shape index (κ3) is 4.23. The second-order valence-corrected chi connectivity index (χ2v) is 5.39. The maximum Gasteiger partial charge on any atom is 0.342 e. The van der Waals surface area contributed by atoms with Crippen LogP contribution in [0.3, 0.4) is 0 Å². The van der Waals surface area contributed by atoms with E-state index in [1.165, 1.54) is 12.6 Å². The van der Waals surface area contributed by atoms with Crippen LogP contribution in [0.25, 0.3) is 0 Å². The van der Waals surface area contributed by atoms with Crippen molar-refractivity contribution in [1.29, 1.82) is 0 Å². The van der Waals surface area contributed by atoms with Crippen molar-refractivity contribution in [3.8, 4) is 0 Å². The zero-order valence-corrected chi connectivity index (χ0v) is 12.4. The van der Waals surface area contributed by atoms with Crippen molar-refractivity contribution in [1.82, 2.24) is 19.8 Å². The number of imidazole rings is 1. The number of aryl methyl sites for hydroxylation is 1. The molecule has 0 bridgehead atoms. The number of aliphatic hydroxyl groups excluding tert-OH is 1. The first-order valence-electron chi connectivity index (χ1n) is 7.35. The summed E-state index contributed by atoms with van der Waals surface area (Å²) in [5.74, 6) is 0.667. The van der Waals surface area contributed by atoms with Gasteiger partial charge in [-0.3, -0.25) is 4.90 Å². The molecule has 2 N–H and O–H groups in total. The van der Waals surface area contributed by atoms with E-state index >= 15 is 0 Å². The van der Waals surface area contributed by atoms with E-state index in [0.29, 0.717) is 31.5 Å². The quantitative estimate of drug-likeness (QED) is 0.523. The summed E-state index contributed by atoms with van der Waals surface area (Å²) in [5.41, 5.74) is 0. The average molecular weight is 297 g/mol. The van der Waals surface area contributed by atoms with Gasteiger partial charge in [-0.05, 0) is 24.3 Å². The van der Waals surface area contributed by atoms with Crippen LogP contribution < -0.4 is 5.32 Å². The van der Waals surface area contributed by atoms with Crippen LogP contribution in [-0.2, 0) is 6.54 Å². The summed E-state index contributed by atoms with van der Waals surface area (Å²) < 4.78 is 1.62. The number of nitro groups is 1. The first-order chi connectivity index (χ1) is 10.1. The van der Waals surface area contributed by atoms with Crippen LogP contribution in [0.4, 0.5) is 5.82 Å². The van der Waals surface area contributed by atoms with Gasteiger partial charge in [0.2, 0.25) is 0 Å². The minimum Gasteiger partial charge on any atom is -0.395 e. The van der Waals surface area contributed by atoms with Gasteiger partial charge in [-0.2, -0.15) is 0 Å². The van der Waals surface area contributed by atoms with E-state index in [-0.39, 0.29) is 12.4 Å². The molecule has 1 aromatic heterocycles. The van der Waals surface area contributed by atoms with E-state index in [1.807, 2.05) is 0 Å². The maximum atomic E-state index is 11.0. The average Bonchev–Trinajstić information content (AvgIpc) is 3.06. The van der Waals surface area contributed by atoms with Crippen LogP contribution in [0.15, 0.2) is 6.20 Å². The van der Waals surface area contributed by atoms with Crippen LogP contribution in [0.2, 0.25) is 0 Å². The summed E-state index contributed by atoms with van der Waals surface area (Å²) in [6.07, 6.45) is 3.63. The summed E-state index contributed by atoms with van der Waals surface area (Å²) in [5, 5.41) is 23.6. The number of nitrogens with one attached hydrogen (secondary N) is 1. The van der Waals surface area contributed by atoms with Gasteiger partial charge < -0.3 is 20.5 Å². The summed E-state index contributed by atoms with van der Waals surface area (Å²) in [7, 11) is 0. The zero-order valence-electron chi connectivity index (χ0n) is 12.4. The molecule has 0 aromatic carbocycles. The summed E-state index contributed by atoms with van der Waals surface area (Å²) in [6, 6.07) is 0.454. The highest BCUT2D eigenvalue weighted by atomic mass is 16.6. The Balaban J connectivity index is 1.94. The van der Waals surface area contributed by atoms with Gasteiger partial charge in [-0.25, -0.2) is 9.55 Å². The van der Waals surface area contributed by atoms with Crippen molar-refractivity contribution in [2.75, 3.05) is 32.8 Å². The molecule has 1 aromatic rings. The first kappa shape index (κ1) is 15.9. The number of nitrogens with zero attached hydrogens (tertiary/aromatic N) is 4. The molecular formula is C13H23N5O3. The van der Waals surface area contributed by atoms with Crippen LogP contribution in [0.1, 0.15) is 18.7 Å². The molecule has 1 aliphatic rings. The molecule has 1 atom stereocenters. The van der Waals surface area contributed by atoms with Crippen molar-refractivity contribution < 1.29 is 10.0 Å². The summed E-state index contributed by atoms with van der Waals surface area (Å²) in [4.78, 5) is 16.7. The van der Waals surface area contributed by atoms with E-state index in [0.717, 1.165) is 19.5 Å². The maximum absolute atomic E-state index is 11.0. The lowest BCUT2D eigenvalue weighted by molar-refractivity contribution is -0.392. The van der Waals surface area contributed by atoms with Crippen LogP contribution in [0.5, 0.6) is 0 Å². The second kappa shape index (κ2) is 7.48. The van der Waals surface area contributed by atoms with E-state index in [1.54, 1.807) is 11.5 Å². The van der Waals surface area contributed by atoms with Crippen LogP contribution in [-0.4, -0.2) is 63.3 Å². The Morgan fingerprint density at radius 1 is 1.62 bits per heavy atom. The number of aliphatic hydroxyl groups is 1. The van der Waals surface area contributed by atoms with E-state index in [9.17, 15) is 15.2 Å². The van der Waals surface area contributed by atoms with Crippen LogP contribution >= 0.6 is 0 Å². The molecule has 21 heavy (non-hydrogen) atoms. The fraction of sp³-hybridized carbons (Fsp3) is 0.769. The van der Waals surface area contributed by atoms with E-state index in [4.69, 9.17) is 0 Å². The lowest BCUT2D eigenvalue weighted by atomic mass is 10.2. The van der Waals surface area contributed by atoms with Gasteiger partial charge in [-0.15, -0.1) is 0 Å². The topological polar surface area (TPSA) is 96.5 Å². The third-order valence-electron chi connectivity index (χ3n) is 3.92. The Morgan fingerprint density at radius 3 is 3.05 bits per heavy atom. The fourth-order valence-electron chi connectivity index (χ4n) is 2.78. The van der Waals surface area contributed by atoms with Gasteiger partial charge in [0, 0.05) is 32.6 Å². The van der Waals surface area contributed by atoms with Crippen LogP contribution in [0, 0.1) is 17.0 Å². The summed E-state index contributed by atoms with van der Waals surface area (Å²) in [6.45, 7) is 5.52. The molecule has 0 spiro atoms.